The maximum Gasteiger partial charge on any atom is -0.0155 e. The van der Waals surface area contributed by atoms with Crippen LogP contribution in [0.3, 0.4) is 0 Å². The molecule has 0 saturated carbocycles. The van der Waals surface area contributed by atoms with Crippen molar-refractivity contribution < 1.29 is 0 Å². The van der Waals surface area contributed by atoms with E-state index in [9.17, 15) is 0 Å². The van der Waals surface area contributed by atoms with Crippen molar-refractivity contribution in [1.29, 1.82) is 0 Å². The number of aryl methyl sites for hydroxylation is 21. The summed E-state index contributed by atoms with van der Waals surface area (Å²) in [5, 5.41) is 0. The van der Waals surface area contributed by atoms with E-state index in [0.717, 1.165) is 0 Å². The first-order chi connectivity index (χ1) is 52.7. The summed E-state index contributed by atoms with van der Waals surface area (Å²) < 4.78 is 0. The molecule has 0 fully saturated rings. The molecule has 0 N–H and O–H groups in total. The third-order valence-electron chi connectivity index (χ3n) is 22.2. The summed E-state index contributed by atoms with van der Waals surface area (Å²) in [6.07, 6.45) is 0. The molecule has 0 amide bonds. The Kier molecular flexibility index (Phi) is 35.3. The highest BCUT2D eigenvalue weighted by atomic mass is 14.1. The van der Waals surface area contributed by atoms with Crippen LogP contribution in [0.4, 0.5) is 0 Å². The van der Waals surface area contributed by atoms with Gasteiger partial charge in [-0.25, -0.2) is 0 Å². The summed E-state index contributed by atoms with van der Waals surface area (Å²) in [7, 11) is 0. The molecule has 0 bridgehead atoms. The summed E-state index contributed by atoms with van der Waals surface area (Å²) in [5.74, 6) is 0. The van der Waals surface area contributed by atoms with Gasteiger partial charge >= 0.3 is 0 Å². The van der Waals surface area contributed by atoms with Crippen molar-refractivity contribution in [2.75, 3.05) is 0 Å². The van der Waals surface area contributed by atoms with Gasteiger partial charge in [0.05, 0.1) is 0 Å². The molecule has 14 aromatic carbocycles. The zero-order chi connectivity index (χ0) is 81.6. The Morgan fingerprint density at radius 2 is 0.306 bits per heavy atom. The van der Waals surface area contributed by atoms with Gasteiger partial charge in [-0.2, -0.15) is 0 Å². The van der Waals surface area contributed by atoms with E-state index in [1.54, 1.807) is 0 Å². The fraction of sp³-hybridized carbons (Fsp3) is 0.243. The van der Waals surface area contributed by atoms with Crippen LogP contribution in [0.5, 0.6) is 0 Å². The zero-order valence-corrected chi connectivity index (χ0v) is 72.6. The van der Waals surface area contributed by atoms with E-state index in [2.05, 4.69) is 460 Å². The molecule has 0 aromatic heterocycles. The lowest BCUT2D eigenvalue weighted by molar-refractivity contribution is 1.23. The molecule has 0 atom stereocenters. The van der Waals surface area contributed by atoms with Gasteiger partial charge in [0.2, 0.25) is 0 Å². The highest BCUT2D eigenvalue weighted by Crippen LogP contribution is 2.29. The molecule has 0 radical (unpaired) electrons. The lowest BCUT2D eigenvalue weighted by Crippen LogP contribution is -1.88. The van der Waals surface area contributed by atoms with Crippen LogP contribution in [0.25, 0.3) is 55.6 Å². The number of hydrogen-bond donors (Lipinski definition) is 0. The van der Waals surface area contributed by atoms with Crippen LogP contribution >= 0.6 is 0 Å². The summed E-state index contributed by atoms with van der Waals surface area (Å²) in [5.41, 5.74) is 50.3. The topological polar surface area (TPSA) is 0 Å². The molecule has 0 nitrogen and oxygen atoms in total. The molecule has 111 heavy (non-hydrogen) atoms. The van der Waals surface area contributed by atoms with Gasteiger partial charge in [-0.15, -0.1) is 0 Å². The number of rotatable bonds is 5. The van der Waals surface area contributed by atoms with E-state index in [4.69, 9.17) is 0 Å². The van der Waals surface area contributed by atoms with Crippen LogP contribution in [0.2, 0.25) is 0 Å². The summed E-state index contributed by atoms with van der Waals surface area (Å²) in [6, 6.07) is 101. The second kappa shape index (κ2) is 44.1. The molecule has 0 unspecified atom stereocenters. The molecule has 0 aliphatic carbocycles. The Morgan fingerprint density at radius 3 is 0.559 bits per heavy atom. The van der Waals surface area contributed by atoms with Crippen LogP contribution in [0.15, 0.2) is 285 Å². The average Bonchev–Trinajstić information content (AvgIpc) is 0.830. The Morgan fingerprint density at radius 1 is 0.108 bits per heavy atom. The largest absolute Gasteiger partial charge is 0.0622 e. The smallest absolute Gasteiger partial charge is 0.0155 e. The van der Waals surface area contributed by atoms with Crippen LogP contribution in [0, 0.1) is 187 Å². The van der Waals surface area contributed by atoms with Crippen LogP contribution < -0.4 is 0 Å². The maximum atomic E-state index is 2.26. The van der Waals surface area contributed by atoms with E-state index in [1.165, 1.54) is 206 Å². The Bertz CT molecular complexity index is 4830. The van der Waals surface area contributed by atoms with Gasteiger partial charge in [0.15, 0.2) is 0 Å². The quantitative estimate of drug-likeness (QED) is 0.161. The van der Waals surface area contributed by atoms with E-state index >= 15 is 0 Å². The van der Waals surface area contributed by atoms with E-state index in [-0.39, 0.29) is 0 Å². The number of benzene rings is 14. The summed E-state index contributed by atoms with van der Waals surface area (Å²) in [4.78, 5) is 0. The third kappa shape index (κ3) is 27.9. The molecule has 0 aliphatic rings. The van der Waals surface area contributed by atoms with Crippen molar-refractivity contribution in [2.45, 2.75) is 187 Å². The lowest BCUT2D eigenvalue weighted by Gasteiger charge is -2.09. The Hall–Kier alpha value is -10.9. The van der Waals surface area contributed by atoms with Gasteiger partial charge in [-0.1, -0.05) is 296 Å². The van der Waals surface area contributed by atoms with Gasteiger partial charge in [0, 0.05) is 0 Å². The van der Waals surface area contributed by atoms with Crippen molar-refractivity contribution >= 4 is 0 Å². The van der Waals surface area contributed by atoms with Crippen molar-refractivity contribution in [3.63, 3.8) is 0 Å². The standard InChI is InChI=1S/3C15H16.2C14H14.2C10H14.2C9H12/c1-11-8-9-14(10-13(11)3)15-7-5-4-6-12(15)2;2*1-11-9-15(10-12(2)13(11)3)14-7-5-4-6-8-14;2*1-11-8-9-14(10-12(11)2)13-6-4-3-5-7-13;2*1-7-5-8(2)10(4)9(3)6-7;2*1-7-5-4-6-8(2)9(7)3/h3*4-10H,1-3H3;2*3-10H,1-2H3;2*5-6H,1-4H3;2*4-6H,1-3H3. The predicted octanol–water partition coefficient (Wildman–Crippen LogP) is 31.8. The normalized spacial score (nSPS) is 10.1. The SMILES string of the molecule is Cc1cc(-c2ccccc2)cc(C)c1C.Cc1cc(-c2ccccc2)cc(C)c1C.Cc1cc(C)c(C)c(C)c1.Cc1cc(C)c(C)c(C)c1.Cc1ccc(-c2ccccc2)cc1C.Cc1ccc(-c2ccccc2)cc1C.Cc1ccc(-c2ccccc2C)cc1C.Cc1cccc(C)c1C.Cc1cccc(C)c1C. The van der Waals surface area contributed by atoms with Crippen LogP contribution in [-0.2, 0) is 0 Å². The van der Waals surface area contributed by atoms with Gasteiger partial charge in [0.25, 0.3) is 0 Å². The second-order valence-electron chi connectivity index (χ2n) is 30.7. The molecule has 0 heteroatoms. The first-order valence-electron chi connectivity index (χ1n) is 39.5. The first kappa shape index (κ1) is 89.0. The average molecular weight is 1460 g/mol. The number of hydrogen-bond acceptors (Lipinski definition) is 0. The van der Waals surface area contributed by atoms with Gasteiger partial charge in [0.1, 0.15) is 0 Å². The van der Waals surface area contributed by atoms with Crippen LogP contribution in [-0.4, -0.2) is 0 Å². The Balaban J connectivity index is 0.000000196. The summed E-state index contributed by atoms with van der Waals surface area (Å²) >= 11 is 0. The lowest BCUT2D eigenvalue weighted by atomic mass is 9.97. The fourth-order valence-corrected chi connectivity index (χ4v) is 12.9. The minimum absolute atomic E-state index is 1.29. The van der Waals surface area contributed by atoms with Gasteiger partial charge in [-0.05, 0) is 382 Å². The highest BCUT2D eigenvalue weighted by Gasteiger charge is 2.07. The zero-order valence-electron chi connectivity index (χ0n) is 72.6. The molecule has 0 saturated heterocycles. The van der Waals surface area contributed by atoms with Crippen LogP contribution in [0.1, 0.15) is 150 Å². The minimum Gasteiger partial charge on any atom is -0.0622 e. The van der Waals surface area contributed by atoms with E-state index < -0.39 is 0 Å². The minimum atomic E-state index is 1.29. The van der Waals surface area contributed by atoms with Gasteiger partial charge < -0.3 is 0 Å². The molecular formula is C111H128. The molecule has 0 spiro atoms. The Labute approximate surface area is 673 Å². The van der Waals surface area contributed by atoms with Crippen molar-refractivity contribution in [3.05, 3.63) is 435 Å². The second-order valence-corrected chi connectivity index (χ2v) is 30.7. The molecule has 0 heterocycles. The van der Waals surface area contributed by atoms with E-state index in [0.29, 0.717) is 0 Å². The molecule has 14 rings (SSSR count). The molecule has 14 aromatic rings. The fourth-order valence-electron chi connectivity index (χ4n) is 12.9. The van der Waals surface area contributed by atoms with Crippen molar-refractivity contribution in [2.24, 2.45) is 0 Å². The highest BCUT2D eigenvalue weighted by molar-refractivity contribution is 5.70. The third-order valence-corrected chi connectivity index (χ3v) is 22.2. The monoisotopic (exact) mass is 1460 g/mol. The first-order valence-corrected chi connectivity index (χ1v) is 39.5. The maximum absolute atomic E-state index is 2.26. The summed E-state index contributed by atoms with van der Waals surface area (Å²) in [6.45, 7) is 58.3. The van der Waals surface area contributed by atoms with Crippen molar-refractivity contribution in [1.82, 2.24) is 0 Å². The molecular weight excluding hydrogens is 1330 g/mol. The predicted molar refractivity (Wildman–Crippen MR) is 493 cm³/mol. The van der Waals surface area contributed by atoms with E-state index in [1.807, 2.05) is 12.1 Å². The van der Waals surface area contributed by atoms with Gasteiger partial charge in [-0.3, -0.25) is 0 Å². The molecule has 572 valence electrons. The van der Waals surface area contributed by atoms with Crippen molar-refractivity contribution in [3.8, 4) is 55.6 Å². The molecule has 0 aliphatic heterocycles.